The molecule has 5 heteroatoms. The summed E-state index contributed by atoms with van der Waals surface area (Å²) in [5.41, 5.74) is -0.0685. The van der Waals surface area contributed by atoms with E-state index in [0.29, 0.717) is 19.6 Å². The zero-order valence-electron chi connectivity index (χ0n) is 11.2. The van der Waals surface area contributed by atoms with Crippen molar-refractivity contribution in [3.8, 4) is 0 Å². The van der Waals surface area contributed by atoms with Crippen molar-refractivity contribution in [2.24, 2.45) is 0 Å². The van der Waals surface area contributed by atoms with Crippen LogP contribution in [-0.4, -0.2) is 51.0 Å². The van der Waals surface area contributed by atoms with Gasteiger partial charge in [0.2, 0.25) is 5.91 Å². The van der Waals surface area contributed by atoms with E-state index < -0.39 is 0 Å². The Morgan fingerprint density at radius 2 is 2.44 bits per heavy atom. The highest BCUT2D eigenvalue weighted by atomic mass is 16.5. The van der Waals surface area contributed by atoms with Crippen LogP contribution in [0.4, 0.5) is 0 Å². The first-order valence-electron chi connectivity index (χ1n) is 6.86. The molecule has 0 aliphatic carbocycles. The first-order valence-corrected chi connectivity index (χ1v) is 6.86. The number of rotatable bonds is 6. The van der Waals surface area contributed by atoms with Crippen molar-refractivity contribution in [1.29, 1.82) is 0 Å². The second kappa shape index (κ2) is 6.50. The molecule has 0 aromatic carbocycles. The van der Waals surface area contributed by atoms with Gasteiger partial charge in [-0.25, -0.2) is 0 Å². The summed E-state index contributed by atoms with van der Waals surface area (Å²) < 4.78 is 10.7. The van der Waals surface area contributed by atoms with E-state index in [0.717, 1.165) is 38.8 Å². The predicted octanol–water partition coefficient (Wildman–Crippen LogP) is 0.440. The molecule has 0 radical (unpaired) electrons. The maximum absolute atomic E-state index is 11.8. The van der Waals surface area contributed by atoms with Crippen LogP contribution in [0.5, 0.6) is 0 Å². The second-order valence-corrected chi connectivity index (χ2v) is 5.36. The highest BCUT2D eigenvalue weighted by molar-refractivity contribution is 5.76. The fourth-order valence-electron chi connectivity index (χ4n) is 2.82. The highest BCUT2D eigenvalue weighted by Crippen LogP contribution is 2.19. The molecule has 1 amide bonds. The van der Waals surface area contributed by atoms with Crippen molar-refractivity contribution >= 4 is 5.91 Å². The molecule has 2 atom stereocenters. The second-order valence-electron chi connectivity index (χ2n) is 5.36. The third-order valence-corrected chi connectivity index (χ3v) is 3.81. The van der Waals surface area contributed by atoms with Crippen LogP contribution < -0.4 is 10.6 Å². The van der Waals surface area contributed by atoms with Crippen molar-refractivity contribution in [2.45, 2.75) is 43.7 Å². The molecule has 0 saturated carbocycles. The molecular weight excluding hydrogens is 232 g/mol. The highest BCUT2D eigenvalue weighted by Gasteiger charge is 2.34. The smallest absolute Gasteiger partial charge is 0.222 e. The average Bonchev–Trinajstić information content (AvgIpc) is 2.99. The van der Waals surface area contributed by atoms with Gasteiger partial charge in [-0.2, -0.15) is 0 Å². The van der Waals surface area contributed by atoms with Gasteiger partial charge in [-0.1, -0.05) is 0 Å². The number of hydrogen-bond donors (Lipinski definition) is 2. The van der Waals surface area contributed by atoms with Gasteiger partial charge in [0, 0.05) is 20.3 Å². The van der Waals surface area contributed by atoms with E-state index in [1.54, 1.807) is 7.11 Å². The van der Waals surface area contributed by atoms with E-state index in [4.69, 9.17) is 9.47 Å². The van der Waals surface area contributed by atoms with Crippen LogP contribution in [0.3, 0.4) is 0 Å². The standard InChI is InChI=1S/C13H24N2O3/c1-17-10-13(5-3-6-15-13)9-14-12(16)8-11-4-2-7-18-11/h11,15H,2-10H2,1H3,(H,14,16). The normalized spacial score (nSPS) is 31.7. The maximum atomic E-state index is 11.8. The topological polar surface area (TPSA) is 59.6 Å². The van der Waals surface area contributed by atoms with Gasteiger partial charge in [-0.15, -0.1) is 0 Å². The number of amides is 1. The van der Waals surface area contributed by atoms with Gasteiger partial charge < -0.3 is 20.1 Å². The third kappa shape index (κ3) is 3.67. The van der Waals surface area contributed by atoms with Crippen LogP contribution in [0, 0.1) is 0 Å². The van der Waals surface area contributed by atoms with Crippen molar-refractivity contribution in [3.05, 3.63) is 0 Å². The van der Waals surface area contributed by atoms with Crippen molar-refractivity contribution in [1.82, 2.24) is 10.6 Å². The van der Waals surface area contributed by atoms with Crippen LogP contribution in [0.2, 0.25) is 0 Å². The van der Waals surface area contributed by atoms with E-state index in [1.165, 1.54) is 0 Å². The van der Waals surface area contributed by atoms with Gasteiger partial charge in [-0.05, 0) is 32.2 Å². The molecule has 2 saturated heterocycles. The molecule has 2 aliphatic rings. The molecule has 0 aromatic rings. The molecule has 2 heterocycles. The monoisotopic (exact) mass is 256 g/mol. The molecule has 2 rings (SSSR count). The first kappa shape index (κ1) is 13.8. The Kier molecular flexibility index (Phi) is 4.97. The molecule has 2 N–H and O–H groups in total. The zero-order chi connectivity index (χ0) is 12.8. The predicted molar refractivity (Wildman–Crippen MR) is 68.4 cm³/mol. The third-order valence-electron chi connectivity index (χ3n) is 3.81. The number of hydrogen-bond acceptors (Lipinski definition) is 4. The zero-order valence-corrected chi connectivity index (χ0v) is 11.2. The van der Waals surface area contributed by atoms with Crippen LogP contribution in [0.15, 0.2) is 0 Å². The first-order chi connectivity index (χ1) is 8.74. The van der Waals surface area contributed by atoms with Crippen LogP contribution in [-0.2, 0) is 14.3 Å². The average molecular weight is 256 g/mol. The van der Waals surface area contributed by atoms with E-state index in [2.05, 4.69) is 10.6 Å². The van der Waals surface area contributed by atoms with Crippen LogP contribution >= 0.6 is 0 Å². The Labute approximate surface area is 109 Å². The molecular formula is C13H24N2O3. The fourth-order valence-corrected chi connectivity index (χ4v) is 2.82. The Morgan fingerprint density at radius 3 is 3.06 bits per heavy atom. The van der Waals surface area contributed by atoms with Crippen molar-refractivity contribution in [3.63, 3.8) is 0 Å². The Morgan fingerprint density at radius 1 is 1.56 bits per heavy atom. The summed E-state index contributed by atoms with van der Waals surface area (Å²) >= 11 is 0. The quantitative estimate of drug-likeness (QED) is 0.724. The lowest BCUT2D eigenvalue weighted by atomic mass is 9.98. The molecule has 0 aromatic heterocycles. The van der Waals surface area contributed by atoms with E-state index >= 15 is 0 Å². The Balaban J connectivity index is 1.73. The molecule has 0 spiro atoms. The van der Waals surface area contributed by atoms with Gasteiger partial charge in [0.05, 0.1) is 24.7 Å². The fraction of sp³-hybridized carbons (Fsp3) is 0.923. The minimum atomic E-state index is -0.0685. The van der Waals surface area contributed by atoms with E-state index in [1.807, 2.05) is 0 Å². The Bertz CT molecular complexity index is 271. The van der Waals surface area contributed by atoms with Gasteiger partial charge >= 0.3 is 0 Å². The molecule has 0 bridgehead atoms. The molecule has 18 heavy (non-hydrogen) atoms. The van der Waals surface area contributed by atoms with Gasteiger partial charge in [0.25, 0.3) is 0 Å². The summed E-state index contributed by atoms with van der Waals surface area (Å²) in [5.74, 6) is 0.0890. The van der Waals surface area contributed by atoms with E-state index in [9.17, 15) is 4.79 Å². The minimum Gasteiger partial charge on any atom is -0.383 e. The molecule has 2 unspecified atom stereocenters. The number of nitrogens with one attached hydrogen (secondary N) is 2. The van der Waals surface area contributed by atoms with Crippen molar-refractivity contribution in [2.75, 3.05) is 33.4 Å². The van der Waals surface area contributed by atoms with Gasteiger partial charge in [0.1, 0.15) is 0 Å². The number of ether oxygens (including phenoxy) is 2. The minimum absolute atomic E-state index is 0.0685. The molecule has 5 nitrogen and oxygen atoms in total. The molecule has 104 valence electrons. The summed E-state index contributed by atoms with van der Waals surface area (Å²) in [6.45, 7) is 3.09. The maximum Gasteiger partial charge on any atom is 0.222 e. The van der Waals surface area contributed by atoms with Gasteiger partial charge in [-0.3, -0.25) is 4.79 Å². The van der Waals surface area contributed by atoms with Crippen LogP contribution in [0.1, 0.15) is 32.1 Å². The largest absolute Gasteiger partial charge is 0.383 e. The van der Waals surface area contributed by atoms with E-state index in [-0.39, 0.29) is 17.6 Å². The lowest BCUT2D eigenvalue weighted by molar-refractivity contribution is -0.123. The summed E-state index contributed by atoms with van der Waals surface area (Å²) in [6, 6.07) is 0. The van der Waals surface area contributed by atoms with Crippen molar-refractivity contribution < 1.29 is 14.3 Å². The SMILES string of the molecule is COCC1(CNC(=O)CC2CCCO2)CCCN1. The van der Waals surface area contributed by atoms with Crippen LogP contribution in [0.25, 0.3) is 0 Å². The summed E-state index contributed by atoms with van der Waals surface area (Å²) in [4.78, 5) is 11.8. The number of carbonyl (C=O) groups is 1. The summed E-state index contributed by atoms with van der Waals surface area (Å²) in [5, 5.41) is 6.46. The van der Waals surface area contributed by atoms with Gasteiger partial charge in [0.15, 0.2) is 0 Å². The molecule has 2 fully saturated rings. The Hall–Kier alpha value is -0.650. The number of carbonyl (C=O) groups excluding carboxylic acids is 1. The summed E-state index contributed by atoms with van der Waals surface area (Å²) in [7, 11) is 1.70. The summed E-state index contributed by atoms with van der Waals surface area (Å²) in [6.07, 6.45) is 4.90. The molecule has 2 aliphatic heterocycles. The lowest BCUT2D eigenvalue weighted by Gasteiger charge is -2.29. The lowest BCUT2D eigenvalue weighted by Crippen LogP contribution is -2.53. The number of methoxy groups -OCH3 is 1.